The number of methoxy groups -OCH3 is 1. The molecule has 0 radical (unpaired) electrons. The highest BCUT2D eigenvalue weighted by atomic mass is 16.5. The van der Waals surface area contributed by atoms with Crippen molar-refractivity contribution in [3.05, 3.63) is 0 Å². The monoisotopic (exact) mass is 289 g/mol. The number of hydrogen-bond donors (Lipinski definition) is 1. The van der Waals surface area contributed by atoms with E-state index in [1.54, 1.807) is 12.0 Å². The Hall–Kier alpha value is -1.56. The van der Waals surface area contributed by atoms with Crippen LogP contribution in [0.4, 0.5) is 0 Å². The molecule has 2 rings (SSSR count). The first-order chi connectivity index (χ1) is 10.2. The number of nitrogens with zero attached hydrogens (tertiary/aromatic N) is 2. The summed E-state index contributed by atoms with van der Waals surface area (Å²) >= 11 is 0. The molecular formula is C16H23N3O2. The quantitative estimate of drug-likeness (QED) is 0.768. The van der Waals surface area contributed by atoms with Crippen molar-refractivity contribution in [1.29, 1.82) is 5.26 Å². The lowest BCUT2D eigenvalue weighted by Gasteiger charge is -2.31. The molecular weight excluding hydrogens is 266 g/mol. The highest BCUT2D eigenvalue weighted by Crippen LogP contribution is 2.30. The lowest BCUT2D eigenvalue weighted by Crippen LogP contribution is -2.52. The molecule has 1 heterocycles. The minimum Gasteiger partial charge on any atom is -0.383 e. The standard InChI is InChI=1S/C16H23N3O2/c1-3-13-6-7-14(10-17)19(13)15(20)11-18-16(12-21-2)8-4-5-9-16/h1,13-14,18H,4-9,11-12H2,2H3/t13-,14-/m0/s1. The number of amides is 1. The molecule has 1 amide bonds. The molecule has 2 aliphatic rings. The molecule has 0 aromatic heterocycles. The predicted octanol–water partition coefficient (Wildman–Crippen LogP) is 1.05. The van der Waals surface area contributed by atoms with E-state index in [2.05, 4.69) is 17.3 Å². The molecule has 21 heavy (non-hydrogen) atoms. The van der Waals surface area contributed by atoms with Gasteiger partial charge >= 0.3 is 0 Å². The third kappa shape index (κ3) is 3.37. The lowest BCUT2D eigenvalue weighted by molar-refractivity contribution is -0.131. The van der Waals surface area contributed by atoms with Crippen molar-refractivity contribution < 1.29 is 9.53 Å². The van der Waals surface area contributed by atoms with E-state index in [-0.39, 0.29) is 30.1 Å². The van der Waals surface area contributed by atoms with Gasteiger partial charge in [-0.15, -0.1) is 6.42 Å². The summed E-state index contributed by atoms with van der Waals surface area (Å²) in [5, 5.41) is 12.5. The lowest BCUT2D eigenvalue weighted by atomic mass is 9.99. The first-order valence-electron chi connectivity index (χ1n) is 7.56. The second-order valence-corrected chi connectivity index (χ2v) is 5.98. The molecule has 1 N–H and O–H groups in total. The van der Waals surface area contributed by atoms with Crippen LogP contribution < -0.4 is 5.32 Å². The van der Waals surface area contributed by atoms with Gasteiger partial charge < -0.3 is 15.0 Å². The molecule has 2 fully saturated rings. The number of carbonyl (C=O) groups excluding carboxylic acids is 1. The van der Waals surface area contributed by atoms with E-state index in [0.717, 1.165) is 25.7 Å². The maximum absolute atomic E-state index is 12.5. The van der Waals surface area contributed by atoms with Crippen molar-refractivity contribution in [2.24, 2.45) is 0 Å². The van der Waals surface area contributed by atoms with Crippen LogP contribution >= 0.6 is 0 Å². The van der Waals surface area contributed by atoms with E-state index >= 15 is 0 Å². The van der Waals surface area contributed by atoms with Crippen LogP contribution in [-0.4, -0.2) is 48.7 Å². The molecule has 1 aliphatic carbocycles. The molecule has 5 heteroatoms. The minimum absolute atomic E-state index is 0.0793. The Bertz CT molecular complexity index is 435. The minimum atomic E-state index is -0.387. The van der Waals surface area contributed by atoms with Gasteiger partial charge in [0.1, 0.15) is 6.04 Å². The van der Waals surface area contributed by atoms with Crippen molar-refractivity contribution in [3.63, 3.8) is 0 Å². The van der Waals surface area contributed by atoms with Crippen LogP contribution in [0, 0.1) is 23.7 Å². The number of nitriles is 1. The van der Waals surface area contributed by atoms with Crippen LogP contribution in [0.5, 0.6) is 0 Å². The molecule has 0 aromatic carbocycles. The van der Waals surface area contributed by atoms with Crippen LogP contribution in [0.15, 0.2) is 0 Å². The second-order valence-electron chi connectivity index (χ2n) is 5.98. The maximum atomic E-state index is 12.5. The first kappa shape index (κ1) is 15.8. The summed E-state index contributed by atoms with van der Waals surface area (Å²) in [5.41, 5.74) is -0.0993. The van der Waals surface area contributed by atoms with Crippen LogP contribution in [0.3, 0.4) is 0 Å². The Kier molecular flexibility index (Phi) is 5.22. The van der Waals surface area contributed by atoms with Crippen LogP contribution in [-0.2, 0) is 9.53 Å². The summed E-state index contributed by atoms with van der Waals surface area (Å²) in [6.07, 6.45) is 11.2. The van der Waals surface area contributed by atoms with Gasteiger partial charge in [-0.2, -0.15) is 5.26 Å². The summed E-state index contributed by atoms with van der Waals surface area (Å²) < 4.78 is 5.30. The number of hydrogen-bond acceptors (Lipinski definition) is 4. The molecule has 2 atom stereocenters. The average molecular weight is 289 g/mol. The van der Waals surface area contributed by atoms with Gasteiger partial charge in [-0.05, 0) is 25.7 Å². The fourth-order valence-corrected chi connectivity index (χ4v) is 3.50. The zero-order valence-corrected chi connectivity index (χ0v) is 12.6. The van der Waals surface area contributed by atoms with Crippen molar-refractivity contribution in [2.45, 2.75) is 56.1 Å². The van der Waals surface area contributed by atoms with Gasteiger partial charge in [0.15, 0.2) is 0 Å². The fourth-order valence-electron chi connectivity index (χ4n) is 3.50. The van der Waals surface area contributed by atoms with E-state index in [4.69, 9.17) is 16.4 Å². The number of carbonyl (C=O) groups is 1. The van der Waals surface area contributed by atoms with E-state index in [9.17, 15) is 4.79 Å². The summed E-state index contributed by atoms with van der Waals surface area (Å²) in [5.74, 6) is 2.54. The Labute approximate surface area is 126 Å². The topological polar surface area (TPSA) is 65.4 Å². The van der Waals surface area contributed by atoms with Crippen LogP contribution in [0.25, 0.3) is 0 Å². The van der Waals surface area contributed by atoms with Crippen molar-refractivity contribution in [1.82, 2.24) is 10.2 Å². The Morgan fingerprint density at radius 3 is 2.67 bits per heavy atom. The number of terminal acetylenes is 1. The van der Waals surface area contributed by atoms with E-state index in [1.807, 2.05) is 0 Å². The van der Waals surface area contributed by atoms with E-state index in [0.29, 0.717) is 19.4 Å². The van der Waals surface area contributed by atoms with Crippen molar-refractivity contribution >= 4 is 5.91 Å². The maximum Gasteiger partial charge on any atom is 0.238 e. The number of ether oxygens (including phenoxy) is 1. The third-order valence-corrected chi connectivity index (χ3v) is 4.61. The van der Waals surface area contributed by atoms with E-state index < -0.39 is 0 Å². The second kappa shape index (κ2) is 6.93. The highest BCUT2D eigenvalue weighted by Gasteiger charge is 2.38. The smallest absolute Gasteiger partial charge is 0.238 e. The summed E-state index contributed by atoms with van der Waals surface area (Å²) in [6, 6.07) is 1.55. The predicted molar refractivity (Wildman–Crippen MR) is 79.2 cm³/mol. The zero-order valence-electron chi connectivity index (χ0n) is 12.6. The fraction of sp³-hybridized carbons (Fsp3) is 0.750. The van der Waals surface area contributed by atoms with Crippen LogP contribution in [0.2, 0.25) is 0 Å². The van der Waals surface area contributed by atoms with Crippen molar-refractivity contribution in [2.75, 3.05) is 20.3 Å². The van der Waals surface area contributed by atoms with Gasteiger partial charge in [0.25, 0.3) is 0 Å². The highest BCUT2D eigenvalue weighted by molar-refractivity contribution is 5.80. The molecule has 0 unspecified atom stereocenters. The van der Waals surface area contributed by atoms with Crippen molar-refractivity contribution in [3.8, 4) is 18.4 Å². The molecule has 0 bridgehead atoms. The van der Waals surface area contributed by atoms with Crippen LogP contribution in [0.1, 0.15) is 38.5 Å². The Morgan fingerprint density at radius 1 is 1.43 bits per heavy atom. The summed E-state index contributed by atoms with van der Waals surface area (Å²) in [7, 11) is 1.68. The van der Waals surface area contributed by atoms with Gasteiger partial charge in [0.2, 0.25) is 5.91 Å². The number of rotatable bonds is 5. The van der Waals surface area contributed by atoms with Gasteiger partial charge in [0.05, 0.1) is 25.3 Å². The normalized spacial score (nSPS) is 27.3. The summed E-state index contributed by atoms with van der Waals surface area (Å²) in [6.45, 7) is 0.834. The third-order valence-electron chi connectivity index (χ3n) is 4.61. The molecule has 0 spiro atoms. The average Bonchev–Trinajstić information content (AvgIpc) is 3.11. The molecule has 114 valence electrons. The molecule has 1 saturated heterocycles. The van der Waals surface area contributed by atoms with Gasteiger partial charge in [-0.25, -0.2) is 0 Å². The molecule has 1 saturated carbocycles. The SMILES string of the molecule is C#C[C@H]1CC[C@@H](C#N)N1C(=O)CNC1(COC)CCCC1. The van der Waals surface area contributed by atoms with Gasteiger partial charge in [0, 0.05) is 12.6 Å². The first-order valence-corrected chi connectivity index (χ1v) is 7.56. The number of nitrogens with one attached hydrogen (secondary N) is 1. The van der Waals surface area contributed by atoms with E-state index in [1.165, 1.54) is 0 Å². The Balaban J connectivity index is 1.97. The molecule has 0 aromatic rings. The summed E-state index contributed by atoms with van der Waals surface area (Å²) in [4.78, 5) is 14.0. The van der Waals surface area contributed by atoms with Gasteiger partial charge in [-0.1, -0.05) is 18.8 Å². The Morgan fingerprint density at radius 2 is 2.10 bits per heavy atom. The van der Waals surface area contributed by atoms with Gasteiger partial charge in [-0.3, -0.25) is 4.79 Å². The number of likely N-dealkylation sites (tertiary alicyclic amines) is 1. The largest absolute Gasteiger partial charge is 0.383 e. The molecule has 5 nitrogen and oxygen atoms in total. The zero-order chi connectivity index (χ0) is 15.3. The molecule has 1 aliphatic heterocycles.